The van der Waals surface area contributed by atoms with E-state index in [2.05, 4.69) is 5.32 Å². The predicted molar refractivity (Wildman–Crippen MR) is 142 cm³/mol. The van der Waals surface area contributed by atoms with Crippen molar-refractivity contribution in [3.8, 4) is 0 Å². The summed E-state index contributed by atoms with van der Waals surface area (Å²) in [7, 11) is 0. The first kappa shape index (κ1) is 27.1. The highest BCUT2D eigenvalue weighted by Crippen LogP contribution is 2.25. The van der Waals surface area contributed by atoms with Gasteiger partial charge in [0.05, 0.1) is 5.75 Å². The highest BCUT2D eigenvalue weighted by Gasteiger charge is 2.30. The summed E-state index contributed by atoms with van der Waals surface area (Å²) in [5.74, 6) is -0.333. The zero-order valence-corrected chi connectivity index (χ0v) is 21.7. The summed E-state index contributed by atoms with van der Waals surface area (Å²) < 4.78 is 14.5. The lowest BCUT2D eigenvalue weighted by Crippen LogP contribution is -2.51. The molecule has 8 heteroatoms. The lowest BCUT2D eigenvalue weighted by atomic mass is 10.0. The topological polar surface area (TPSA) is 49.4 Å². The summed E-state index contributed by atoms with van der Waals surface area (Å²) in [6.07, 6.45) is 0.320. The van der Waals surface area contributed by atoms with Gasteiger partial charge in [0.15, 0.2) is 0 Å². The van der Waals surface area contributed by atoms with Gasteiger partial charge in [0.2, 0.25) is 11.8 Å². The average Bonchev–Trinajstić information content (AvgIpc) is 2.84. The van der Waals surface area contributed by atoms with Crippen LogP contribution in [0.5, 0.6) is 0 Å². The monoisotopic (exact) mass is 532 g/mol. The molecule has 0 saturated heterocycles. The first-order valence-corrected chi connectivity index (χ1v) is 13.2. The molecular weight excluding hydrogens is 506 g/mol. The minimum absolute atomic E-state index is 0.0115. The zero-order valence-electron chi connectivity index (χ0n) is 19.3. The molecule has 4 nitrogen and oxygen atoms in total. The second kappa shape index (κ2) is 13.5. The molecule has 0 aliphatic carbocycles. The van der Waals surface area contributed by atoms with Crippen molar-refractivity contribution in [1.29, 1.82) is 0 Å². The number of carbonyl (C=O) groups is 2. The summed E-state index contributed by atoms with van der Waals surface area (Å²) in [5, 5.41) is 3.91. The van der Waals surface area contributed by atoms with Crippen molar-refractivity contribution >= 4 is 46.8 Å². The van der Waals surface area contributed by atoms with Gasteiger partial charge in [0, 0.05) is 40.9 Å². The molecule has 0 bridgehead atoms. The van der Waals surface area contributed by atoms with Crippen LogP contribution in [0.15, 0.2) is 72.8 Å². The van der Waals surface area contributed by atoms with Gasteiger partial charge in [-0.2, -0.15) is 0 Å². The number of nitrogens with zero attached hydrogens (tertiary/aromatic N) is 1. The number of rotatable bonds is 11. The fourth-order valence-corrected chi connectivity index (χ4v) is 5.09. The molecule has 0 spiro atoms. The Balaban J connectivity index is 1.84. The third kappa shape index (κ3) is 7.99. The van der Waals surface area contributed by atoms with Crippen LogP contribution in [-0.4, -0.2) is 35.1 Å². The molecular formula is C27H27Cl2FN2O2S. The zero-order chi connectivity index (χ0) is 25.2. The lowest BCUT2D eigenvalue weighted by molar-refractivity contribution is -0.139. The van der Waals surface area contributed by atoms with Gasteiger partial charge in [-0.15, -0.1) is 11.8 Å². The average molecular weight is 533 g/mol. The summed E-state index contributed by atoms with van der Waals surface area (Å²) >= 11 is 13.6. The number of amides is 2. The molecule has 0 saturated carbocycles. The van der Waals surface area contributed by atoms with Crippen molar-refractivity contribution < 1.29 is 14.0 Å². The molecule has 3 rings (SSSR count). The van der Waals surface area contributed by atoms with Gasteiger partial charge < -0.3 is 10.2 Å². The number of benzene rings is 3. The number of hydrogen-bond acceptors (Lipinski definition) is 3. The van der Waals surface area contributed by atoms with E-state index in [-0.39, 0.29) is 24.1 Å². The molecule has 1 N–H and O–H groups in total. The van der Waals surface area contributed by atoms with Crippen LogP contribution in [0.25, 0.3) is 0 Å². The van der Waals surface area contributed by atoms with E-state index in [0.29, 0.717) is 34.3 Å². The van der Waals surface area contributed by atoms with E-state index >= 15 is 0 Å². The van der Waals surface area contributed by atoms with Crippen LogP contribution in [0, 0.1) is 5.82 Å². The van der Waals surface area contributed by atoms with Crippen LogP contribution in [-0.2, 0) is 28.3 Å². The fourth-order valence-electron chi connectivity index (χ4n) is 3.63. The molecule has 0 aromatic heterocycles. The van der Waals surface area contributed by atoms with Crippen molar-refractivity contribution in [3.63, 3.8) is 0 Å². The molecule has 2 amide bonds. The van der Waals surface area contributed by atoms with Gasteiger partial charge in [0.25, 0.3) is 0 Å². The Kier molecular flexibility index (Phi) is 10.5. The summed E-state index contributed by atoms with van der Waals surface area (Å²) in [5.41, 5.74) is 2.13. The van der Waals surface area contributed by atoms with E-state index in [9.17, 15) is 14.0 Å². The summed E-state index contributed by atoms with van der Waals surface area (Å²) in [4.78, 5) is 28.1. The van der Waals surface area contributed by atoms with Gasteiger partial charge >= 0.3 is 0 Å². The maximum absolute atomic E-state index is 14.5. The second-order valence-corrected chi connectivity index (χ2v) is 9.77. The maximum Gasteiger partial charge on any atom is 0.243 e. The molecule has 0 heterocycles. The molecule has 1 atom stereocenters. The van der Waals surface area contributed by atoms with Crippen molar-refractivity contribution in [2.24, 2.45) is 0 Å². The Labute approximate surface area is 219 Å². The van der Waals surface area contributed by atoms with E-state index in [4.69, 9.17) is 23.2 Å². The van der Waals surface area contributed by atoms with Crippen LogP contribution in [0.4, 0.5) is 4.39 Å². The molecule has 35 heavy (non-hydrogen) atoms. The highest BCUT2D eigenvalue weighted by molar-refractivity contribution is 7.99. The molecule has 0 aliphatic heterocycles. The Morgan fingerprint density at radius 2 is 1.71 bits per heavy atom. The maximum atomic E-state index is 14.5. The van der Waals surface area contributed by atoms with Gasteiger partial charge in [-0.1, -0.05) is 77.8 Å². The largest absolute Gasteiger partial charge is 0.355 e. The van der Waals surface area contributed by atoms with Gasteiger partial charge in [-0.3, -0.25) is 9.59 Å². The van der Waals surface area contributed by atoms with Crippen LogP contribution >= 0.6 is 35.0 Å². The Bertz CT molecular complexity index is 1150. The van der Waals surface area contributed by atoms with Crippen molar-refractivity contribution in [2.45, 2.75) is 31.7 Å². The summed E-state index contributed by atoms with van der Waals surface area (Å²) in [6, 6.07) is 20.3. The SMILES string of the molecule is CCNC(=O)[C@@H](Cc1ccccc1)N(Cc1ccccc1F)C(=O)CSCc1ccc(Cl)cc1Cl. The van der Waals surface area contributed by atoms with Crippen molar-refractivity contribution in [1.82, 2.24) is 10.2 Å². The number of thioether (sulfide) groups is 1. The Hall–Kier alpha value is -2.54. The molecule has 0 radical (unpaired) electrons. The second-order valence-electron chi connectivity index (χ2n) is 7.94. The van der Waals surface area contributed by atoms with E-state index in [1.165, 1.54) is 22.7 Å². The molecule has 3 aromatic rings. The fraction of sp³-hybridized carbons (Fsp3) is 0.259. The van der Waals surface area contributed by atoms with Crippen LogP contribution < -0.4 is 5.32 Å². The standard InChI is InChI=1S/C27H27Cl2FN2O2S/c1-2-31-27(34)25(14-19-8-4-3-5-9-19)32(16-20-10-6-7-11-24(20)30)26(33)18-35-17-21-12-13-22(28)15-23(21)29/h3-13,15,25H,2,14,16-18H2,1H3,(H,31,34)/t25-/m1/s1. The normalized spacial score (nSPS) is 11.7. The smallest absolute Gasteiger partial charge is 0.243 e. The molecule has 0 fully saturated rings. The first-order valence-electron chi connectivity index (χ1n) is 11.2. The number of likely N-dealkylation sites (N-methyl/N-ethyl adjacent to an activating group) is 1. The van der Waals surface area contributed by atoms with Crippen LogP contribution in [0.1, 0.15) is 23.6 Å². The third-order valence-corrected chi connectivity index (χ3v) is 6.97. The number of halogens is 3. The van der Waals surface area contributed by atoms with Gasteiger partial charge in [-0.05, 0) is 36.2 Å². The molecule has 184 valence electrons. The Morgan fingerprint density at radius 3 is 2.40 bits per heavy atom. The lowest BCUT2D eigenvalue weighted by Gasteiger charge is -2.31. The molecule has 3 aromatic carbocycles. The number of hydrogen-bond donors (Lipinski definition) is 1. The van der Waals surface area contributed by atoms with E-state index in [1.54, 1.807) is 30.3 Å². The van der Waals surface area contributed by atoms with Crippen molar-refractivity contribution in [3.05, 3.63) is 105 Å². The molecule has 0 unspecified atom stereocenters. The van der Waals surface area contributed by atoms with E-state index < -0.39 is 11.9 Å². The minimum atomic E-state index is -0.788. The third-order valence-electron chi connectivity index (χ3n) is 5.42. The molecule has 0 aliphatic rings. The highest BCUT2D eigenvalue weighted by atomic mass is 35.5. The minimum Gasteiger partial charge on any atom is -0.355 e. The first-order chi connectivity index (χ1) is 16.9. The van der Waals surface area contributed by atoms with Crippen molar-refractivity contribution in [2.75, 3.05) is 12.3 Å². The van der Waals surface area contributed by atoms with Gasteiger partial charge in [-0.25, -0.2) is 4.39 Å². The van der Waals surface area contributed by atoms with E-state index in [0.717, 1.165) is 11.1 Å². The van der Waals surface area contributed by atoms with E-state index in [1.807, 2.05) is 43.3 Å². The summed E-state index contributed by atoms with van der Waals surface area (Å²) in [6.45, 7) is 2.24. The quantitative estimate of drug-likeness (QED) is 0.322. The van der Waals surface area contributed by atoms with Crippen LogP contribution in [0.3, 0.4) is 0 Å². The van der Waals surface area contributed by atoms with Gasteiger partial charge in [0.1, 0.15) is 11.9 Å². The Morgan fingerprint density at radius 1 is 1.00 bits per heavy atom. The number of carbonyl (C=O) groups excluding carboxylic acids is 2. The predicted octanol–water partition coefficient (Wildman–Crippen LogP) is 6.14. The number of nitrogens with one attached hydrogen (secondary N) is 1. The van der Waals surface area contributed by atoms with Crippen LogP contribution in [0.2, 0.25) is 10.0 Å².